The molecule has 0 saturated carbocycles. The smallest absolute Gasteiger partial charge is 0.345 e. The number of nitrogens with zero attached hydrogens (tertiary/aromatic N) is 2. The summed E-state index contributed by atoms with van der Waals surface area (Å²) in [5, 5.41) is 10.3. The van der Waals surface area contributed by atoms with Crippen LogP contribution >= 0.6 is 23.2 Å². The number of amides is 1. The zero-order valence-corrected chi connectivity index (χ0v) is 19.4. The summed E-state index contributed by atoms with van der Waals surface area (Å²) in [5.41, 5.74) is 2.34. The molecule has 1 aliphatic heterocycles. The van der Waals surface area contributed by atoms with Crippen LogP contribution in [0.3, 0.4) is 0 Å². The summed E-state index contributed by atoms with van der Waals surface area (Å²) in [5.74, 6) is -0.263. The van der Waals surface area contributed by atoms with E-state index in [4.69, 9.17) is 23.2 Å². The van der Waals surface area contributed by atoms with Gasteiger partial charge in [-0.15, -0.1) is 0 Å². The Balaban J connectivity index is 1.57. The molecule has 2 aromatic carbocycles. The highest BCUT2D eigenvalue weighted by atomic mass is 35.5. The molecule has 1 amide bonds. The van der Waals surface area contributed by atoms with Crippen LogP contribution in [-0.2, 0) is 17.4 Å². The molecule has 1 aliphatic carbocycles. The molecule has 5 nitrogen and oxygen atoms in total. The van der Waals surface area contributed by atoms with Crippen molar-refractivity contribution in [3.05, 3.63) is 92.2 Å². The van der Waals surface area contributed by atoms with Crippen LogP contribution in [0.2, 0.25) is 10.0 Å². The summed E-state index contributed by atoms with van der Waals surface area (Å²) in [4.78, 5) is 13.6. The Morgan fingerprint density at radius 1 is 1.15 bits per heavy atom. The number of benzene rings is 2. The van der Waals surface area contributed by atoms with Gasteiger partial charge in [-0.1, -0.05) is 53.5 Å². The van der Waals surface area contributed by atoms with Gasteiger partial charge >= 0.3 is 6.18 Å². The lowest BCUT2D eigenvalue weighted by Gasteiger charge is -2.30. The molecule has 34 heavy (non-hydrogen) atoms. The Morgan fingerprint density at radius 2 is 1.91 bits per heavy atom. The van der Waals surface area contributed by atoms with Gasteiger partial charge in [0, 0.05) is 11.8 Å². The molecule has 2 unspecified atom stereocenters. The van der Waals surface area contributed by atoms with E-state index < -0.39 is 23.8 Å². The van der Waals surface area contributed by atoms with Gasteiger partial charge < -0.3 is 10.6 Å². The molecule has 3 aromatic rings. The van der Waals surface area contributed by atoms with E-state index in [0.29, 0.717) is 16.3 Å². The number of carbonyl (C=O) groups is 1. The molecule has 5 rings (SSSR count). The normalized spacial score (nSPS) is 19.5. The number of nitrogens with one attached hydrogen (secondary N) is 2. The summed E-state index contributed by atoms with van der Waals surface area (Å²) in [7, 11) is 0. The molecule has 2 atom stereocenters. The third-order valence-electron chi connectivity index (χ3n) is 6.21. The second-order valence-electron chi connectivity index (χ2n) is 8.36. The number of aromatic nitrogens is 2. The minimum atomic E-state index is -4.64. The number of halogens is 5. The summed E-state index contributed by atoms with van der Waals surface area (Å²) in [6.45, 7) is 1.66. The van der Waals surface area contributed by atoms with Gasteiger partial charge in [-0.25, -0.2) is 4.68 Å². The number of fused-ring (bicyclic) bond motifs is 2. The number of anilines is 1. The number of rotatable bonds is 3. The van der Waals surface area contributed by atoms with Gasteiger partial charge in [-0.2, -0.15) is 18.3 Å². The van der Waals surface area contributed by atoms with Crippen molar-refractivity contribution in [3.63, 3.8) is 0 Å². The first-order valence-electron chi connectivity index (χ1n) is 10.6. The Morgan fingerprint density at radius 3 is 2.65 bits per heavy atom. The van der Waals surface area contributed by atoms with Crippen LogP contribution in [0.4, 0.5) is 19.0 Å². The van der Waals surface area contributed by atoms with E-state index in [9.17, 15) is 18.0 Å². The minimum absolute atomic E-state index is 0.128. The van der Waals surface area contributed by atoms with Crippen LogP contribution in [0.5, 0.6) is 0 Å². The van der Waals surface area contributed by atoms with Gasteiger partial charge in [-0.05, 0) is 48.6 Å². The fraction of sp³-hybridized carbons (Fsp3) is 0.250. The van der Waals surface area contributed by atoms with Crippen LogP contribution in [-0.4, -0.2) is 15.7 Å². The molecule has 0 saturated heterocycles. The van der Waals surface area contributed by atoms with E-state index >= 15 is 0 Å². The predicted octanol–water partition coefficient (Wildman–Crippen LogP) is 6.30. The van der Waals surface area contributed by atoms with E-state index in [1.165, 1.54) is 10.2 Å². The quantitative estimate of drug-likeness (QED) is 0.438. The number of hydrogen-bond donors (Lipinski definition) is 2. The molecular weight excluding hydrogens is 488 g/mol. The number of hydrogen-bond acceptors (Lipinski definition) is 3. The molecule has 1 aromatic heterocycles. The van der Waals surface area contributed by atoms with Crippen molar-refractivity contribution in [3.8, 4) is 0 Å². The fourth-order valence-corrected chi connectivity index (χ4v) is 4.94. The van der Waals surface area contributed by atoms with Crippen molar-refractivity contribution < 1.29 is 18.0 Å². The van der Waals surface area contributed by atoms with Gasteiger partial charge in [0.2, 0.25) is 0 Å². The number of carbonyl (C=O) groups excluding carboxylic acids is 1. The molecule has 0 spiro atoms. The predicted molar refractivity (Wildman–Crippen MR) is 124 cm³/mol. The maximum Gasteiger partial charge on any atom is 0.435 e. The summed E-state index contributed by atoms with van der Waals surface area (Å²) in [6, 6.07) is 12.4. The average Bonchev–Trinajstić information content (AvgIpc) is 3.39. The summed E-state index contributed by atoms with van der Waals surface area (Å²) in [6.07, 6.45) is -3.06. The number of allylic oxidation sites excluding steroid dienone is 1. The fourth-order valence-electron chi connectivity index (χ4n) is 4.64. The largest absolute Gasteiger partial charge is 0.435 e. The molecule has 2 aliphatic rings. The Hall–Kier alpha value is -2.97. The maximum absolute atomic E-state index is 13.6. The van der Waals surface area contributed by atoms with Crippen molar-refractivity contribution >= 4 is 34.9 Å². The Kier molecular flexibility index (Phi) is 5.61. The second kappa shape index (κ2) is 8.36. The molecule has 2 heterocycles. The highest BCUT2D eigenvalue weighted by Crippen LogP contribution is 2.41. The lowest BCUT2D eigenvalue weighted by atomic mass is 9.94. The molecular formula is C24H19Cl2F3N4O. The van der Waals surface area contributed by atoms with Crippen molar-refractivity contribution in [2.45, 2.75) is 38.0 Å². The van der Waals surface area contributed by atoms with Gasteiger partial charge in [0.25, 0.3) is 5.91 Å². The van der Waals surface area contributed by atoms with Crippen molar-refractivity contribution in [2.24, 2.45) is 0 Å². The van der Waals surface area contributed by atoms with Gasteiger partial charge in [0.1, 0.15) is 11.9 Å². The minimum Gasteiger partial charge on any atom is -0.345 e. The highest BCUT2D eigenvalue weighted by Gasteiger charge is 2.40. The van der Waals surface area contributed by atoms with E-state index in [-0.39, 0.29) is 22.5 Å². The van der Waals surface area contributed by atoms with Gasteiger partial charge in [0.05, 0.1) is 21.7 Å². The number of aryl methyl sites for hydroxylation is 1. The lowest BCUT2D eigenvalue weighted by molar-refractivity contribution is -0.141. The monoisotopic (exact) mass is 506 g/mol. The molecule has 0 fully saturated rings. The molecule has 10 heteroatoms. The zero-order chi connectivity index (χ0) is 24.2. The summed E-state index contributed by atoms with van der Waals surface area (Å²) >= 11 is 12.3. The van der Waals surface area contributed by atoms with E-state index in [2.05, 4.69) is 15.7 Å². The third kappa shape index (κ3) is 3.95. The zero-order valence-electron chi connectivity index (χ0n) is 17.9. The van der Waals surface area contributed by atoms with E-state index in [1.807, 2.05) is 24.3 Å². The van der Waals surface area contributed by atoms with Crippen molar-refractivity contribution in [2.75, 3.05) is 5.32 Å². The molecule has 0 bridgehead atoms. The first-order valence-corrected chi connectivity index (χ1v) is 11.4. The van der Waals surface area contributed by atoms with Gasteiger partial charge in [0.15, 0.2) is 5.69 Å². The highest BCUT2D eigenvalue weighted by molar-refractivity contribution is 6.42. The maximum atomic E-state index is 13.6. The van der Waals surface area contributed by atoms with Crippen LogP contribution in [0.15, 0.2) is 59.8 Å². The van der Waals surface area contributed by atoms with Crippen molar-refractivity contribution in [1.82, 2.24) is 15.1 Å². The number of alkyl halides is 3. The average molecular weight is 507 g/mol. The van der Waals surface area contributed by atoms with Crippen LogP contribution in [0, 0.1) is 0 Å². The standard InChI is InChI=1S/C24H19Cl2F3N4O/c1-12-21(23(34)31-18-9-7-13-4-2-3-5-15(13)18)22(14-6-8-16(25)17(26)10-14)33-20(30-12)11-19(32-33)24(27,28)29/h2-6,8,10-11,18,22,30H,7,9H2,1H3,(H,31,34). The second-order valence-corrected chi connectivity index (χ2v) is 9.17. The third-order valence-corrected chi connectivity index (χ3v) is 6.94. The molecule has 176 valence electrons. The van der Waals surface area contributed by atoms with Crippen LogP contribution < -0.4 is 10.6 Å². The van der Waals surface area contributed by atoms with Gasteiger partial charge in [-0.3, -0.25) is 4.79 Å². The van der Waals surface area contributed by atoms with Crippen LogP contribution in [0.1, 0.15) is 47.8 Å². The first kappa shape index (κ1) is 22.8. The molecule has 0 radical (unpaired) electrons. The Labute approximate surface area is 203 Å². The van der Waals surface area contributed by atoms with E-state index in [1.54, 1.807) is 25.1 Å². The Bertz CT molecular complexity index is 1330. The van der Waals surface area contributed by atoms with E-state index in [0.717, 1.165) is 24.5 Å². The van der Waals surface area contributed by atoms with Crippen LogP contribution in [0.25, 0.3) is 0 Å². The van der Waals surface area contributed by atoms with Crippen molar-refractivity contribution in [1.29, 1.82) is 0 Å². The first-order chi connectivity index (χ1) is 16.1. The molecule has 2 N–H and O–H groups in total. The lowest BCUT2D eigenvalue weighted by Crippen LogP contribution is -2.36. The summed E-state index contributed by atoms with van der Waals surface area (Å²) < 4.78 is 41.5. The topological polar surface area (TPSA) is 59.0 Å². The SMILES string of the molecule is CC1=C(C(=O)NC2CCc3ccccc32)C(c2ccc(Cl)c(Cl)c2)n2nc(C(F)(F)F)cc2N1.